The van der Waals surface area contributed by atoms with Crippen molar-refractivity contribution in [2.75, 3.05) is 0 Å². The highest BCUT2D eigenvalue weighted by Crippen LogP contribution is 2.62. The van der Waals surface area contributed by atoms with E-state index in [-0.39, 0.29) is 34.7 Å². The van der Waals surface area contributed by atoms with Gasteiger partial charge in [-0.15, -0.1) is 0 Å². The first kappa shape index (κ1) is 34.8. The van der Waals surface area contributed by atoms with Gasteiger partial charge in [0.2, 0.25) is 0 Å². The Hall–Kier alpha value is -2.71. The summed E-state index contributed by atoms with van der Waals surface area (Å²) in [7, 11) is -0.780. The van der Waals surface area contributed by atoms with E-state index in [1.807, 2.05) is 12.1 Å². The topological polar surface area (TPSA) is 36.9 Å². The lowest BCUT2D eigenvalue weighted by atomic mass is 9.96. The Bertz CT molecular complexity index is 1200. The van der Waals surface area contributed by atoms with Crippen molar-refractivity contribution >= 4 is 13.2 Å². The molecule has 0 fully saturated rings. The third-order valence-corrected chi connectivity index (χ3v) is 10.2. The summed E-state index contributed by atoms with van der Waals surface area (Å²) in [6.45, 7) is 30.8. The van der Waals surface area contributed by atoms with Gasteiger partial charge < -0.3 is 18.9 Å². The molecule has 0 heterocycles. The molecule has 0 N–H and O–H groups in total. The van der Waals surface area contributed by atoms with Gasteiger partial charge in [0.05, 0.1) is 35.5 Å². The quantitative estimate of drug-likeness (QED) is 0.204. The van der Waals surface area contributed by atoms with Gasteiger partial charge in [0.15, 0.2) is 0 Å². The van der Waals surface area contributed by atoms with Crippen molar-refractivity contribution < 1.29 is 18.9 Å². The van der Waals surface area contributed by atoms with Crippen LogP contribution < -0.4 is 24.3 Å². The summed E-state index contributed by atoms with van der Waals surface area (Å²) in [6.07, 6.45) is 0.0468. The van der Waals surface area contributed by atoms with Gasteiger partial charge in [-0.2, -0.15) is 0 Å². The van der Waals surface area contributed by atoms with Crippen LogP contribution in [0.4, 0.5) is 0 Å². The van der Waals surface area contributed by atoms with Crippen LogP contribution in [-0.2, 0) is 0 Å². The van der Waals surface area contributed by atoms with E-state index in [4.69, 9.17) is 18.9 Å². The maximum absolute atomic E-state index is 6.50. The van der Waals surface area contributed by atoms with Crippen molar-refractivity contribution in [1.82, 2.24) is 0 Å². The monoisotopic (exact) mass is 606 g/mol. The van der Waals surface area contributed by atoms with Crippen molar-refractivity contribution in [3.05, 3.63) is 54.6 Å². The van der Waals surface area contributed by atoms with Crippen LogP contribution in [0, 0.1) is 0 Å². The fourth-order valence-corrected chi connectivity index (χ4v) is 10.0. The minimum atomic E-state index is -0.780. The Labute approximate surface area is 263 Å². The van der Waals surface area contributed by atoms with E-state index in [1.165, 1.54) is 5.30 Å². The van der Waals surface area contributed by atoms with Crippen LogP contribution in [-0.4, -0.2) is 34.7 Å². The van der Waals surface area contributed by atoms with Gasteiger partial charge in [-0.25, -0.2) is 0 Å². The Kier molecular flexibility index (Phi) is 11.3. The van der Waals surface area contributed by atoms with Gasteiger partial charge in [0, 0.05) is 0 Å². The first-order valence-electron chi connectivity index (χ1n) is 15.8. The normalized spacial score (nSPS) is 12.5. The molecule has 0 aliphatic rings. The Morgan fingerprint density at radius 2 is 0.698 bits per heavy atom. The number of rotatable bonds is 11. The standard InChI is InChI=1S/C38H55O4P/c1-24(2)39-30-20-16-21-31(40-25(3)4)34(30)28-18-15-19-29(36(28)43(37(9,10)11)38(12,13)14)35-32(41-26(5)6)22-17-23-33(35)42-27(7)8/h15-27H,1-14H3. The third-order valence-electron chi connectivity index (χ3n) is 6.57. The zero-order valence-corrected chi connectivity index (χ0v) is 30.0. The zero-order chi connectivity index (χ0) is 32.3. The molecule has 43 heavy (non-hydrogen) atoms. The Morgan fingerprint density at radius 3 is 0.930 bits per heavy atom. The molecule has 3 aromatic rings. The highest BCUT2D eigenvalue weighted by molar-refractivity contribution is 7.69. The molecular weight excluding hydrogens is 551 g/mol. The molecule has 0 aliphatic carbocycles. The van der Waals surface area contributed by atoms with E-state index in [0.717, 1.165) is 45.3 Å². The highest BCUT2D eigenvalue weighted by atomic mass is 31.1. The van der Waals surface area contributed by atoms with Crippen molar-refractivity contribution in [3.63, 3.8) is 0 Å². The second-order valence-electron chi connectivity index (χ2n) is 14.3. The molecule has 3 rings (SSSR count). The summed E-state index contributed by atoms with van der Waals surface area (Å²) in [5.74, 6) is 3.31. The fourth-order valence-electron chi connectivity index (χ4n) is 5.83. The van der Waals surface area contributed by atoms with Crippen LogP contribution in [0.5, 0.6) is 23.0 Å². The minimum Gasteiger partial charge on any atom is -0.490 e. The lowest BCUT2D eigenvalue weighted by molar-refractivity contribution is 0.231. The smallest absolute Gasteiger partial charge is 0.131 e. The van der Waals surface area contributed by atoms with Gasteiger partial charge in [-0.3, -0.25) is 0 Å². The molecule has 0 saturated carbocycles. The first-order valence-corrected chi connectivity index (χ1v) is 17.1. The van der Waals surface area contributed by atoms with Crippen LogP contribution in [0.15, 0.2) is 54.6 Å². The number of ether oxygens (including phenoxy) is 4. The van der Waals surface area contributed by atoms with Gasteiger partial charge in [-0.05, 0) is 106 Å². The second kappa shape index (κ2) is 13.9. The molecular formula is C38H55O4P. The molecule has 5 heteroatoms. The van der Waals surface area contributed by atoms with Gasteiger partial charge in [0.25, 0.3) is 0 Å². The summed E-state index contributed by atoms with van der Waals surface area (Å²) >= 11 is 0. The molecule has 0 amide bonds. The third kappa shape index (κ3) is 8.69. The average molecular weight is 607 g/mol. The SMILES string of the molecule is CC(C)Oc1cccc(OC(C)C)c1-c1cccc(-c2c(OC(C)C)cccc2OC(C)C)c1P(C(C)(C)C)C(C)(C)C. The van der Waals surface area contributed by atoms with Crippen LogP contribution in [0.3, 0.4) is 0 Å². The van der Waals surface area contributed by atoms with Crippen molar-refractivity contribution in [2.24, 2.45) is 0 Å². The van der Waals surface area contributed by atoms with Crippen molar-refractivity contribution in [3.8, 4) is 45.3 Å². The highest BCUT2D eigenvalue weighted by Gasteiger charge is 2.40. The molecule has 4 nitrogen and oxygen atoms in total. The predicted molar refractivity (Wildman–Crippen MR) is 186 cm³/mol. The summed E-state index contributed by atoms with van der Waals surface area (Å²) < 4.78 is 26.0. The zero-order valence-electron chi connectivity index (χ0n) is 29.1. The largest absolute Gasteiger partial charge is 0.490 e. The maximum atomic E-state index is 6.50. The van der Waals surface area contributed by atoms with Crippen molar-refractivity contribution in [2.45, 2.75) is 132 Å². The van der Waals surface area contributed by atoms with E-state index in [2.05, 4.69) is 139 Å². The summed E-state index contributed by atoms with van der Waals surface area (Å²) in [5.41, 5.74) is 4.26. The number of hydrogen-bond acceptors (Lipinski definition) is 4. The first-order chi connectivity index (χ1) is 19.9. The minimum absolute atomic E-state index is 0.0117. The van der Waals surface area contributed by atoms with E-state index in [0.29, 0.717) is 0 Å². The molecule has 0 radical (unpaired) electrons. The van der Waals surface area contributed by atoms with Crippen LogP contribution >= 0.6 is 7.92 Å². The molecule has 0 aliphatic heterocycles. The van der Waals surface area contributed by atoms with E-state index >= 15 is 0 Å². The van der Waals surface area contributed by atoms with Crippen LogP contribution in [0.2, 0.25) is 0 Å². The molecule has 0 aromatic heterocycles. The van der Waals surface area contributed by atoms with Crippen molar-refractivity contribution in [1.29, 1.82) is 0 Å². The second-order valence-corrected chi connectivity index (χ2v) is 18.1. The van der Waals surface area contributed by atoms with Crippen LogP contribution in [0.1, 0.15) is 96.9 Å². The molecule has 0 atom stereocenters. The number of benzene rings is 3. The molecule has 236 valence electrons. The lowest BCUT2D eigenvalue weighted by Gasteiger charge is -2.44. The maximum Gasteiger partial charge on any atom is 0.131 e. The molecule has 0 bridgehead atoms. The fraction of sp³-hybridized carbons (Fsp3) is 0.526. The van der Waals surface area contributed by atoms with Gasteiger partial charge in [-0.1, -0.05) is 79.8 Å². The van der Waals surface area contributed by atoms with E-state index in [9.17, 15) is 0 Å². The number of hydrogen-bond donors (Lipinski definition) is 0. The average Bonchev–Trinajstić information content (AvgIpc) is 2.82. The Balaban J connectivity index is 2.62. The summed E-state index contributed by atoms with van der Waals surface area (Å²) in [5, 5.41) is 1.27. The molecule has 0 spiro atoms. The summed E-state index contributed by atoms with van der Waals surface area (Å²) in [6, 6.07) is 19.0. The van der Waals surface area contributed by atoms with Gasteiger partial charge >= 0.3 is 0 Å². The van der Waals surface area contributed by atoms with E-state index in [1.54, 1.807) is 0 Å². The van der Waals surface area contributed by atoms with Crippen LogP contribution in [0.25, 0.3) is 22.3 Å². The molecule has 3 aromatic carbocycles. The Morgan fingerprint density at radius 1 is 0.442 bits per heavy atom. The van der Waals surface area contributed by atoms with Gasteiger partial charge in [0.1, 0.15) is 23.0 Å². The summed E-state index contributed by atoms with van der Waals surface area (Å²) in [4.78, 5) is 0. The predicted octanol–water partition coefficient (Wildman–Crippen LogP) is 10.9. The van der Waals surface area contributed by atoms with E-state index < -0.39 is 7.92 Å². The molecule has 0 saturated heterocycles. The molecule has 0 unspecified atom stereocenters. The lowest BCUT2D eigenvalue weighted by Crippen LogP contribution is -2.33.